The quantitative estimate of drug-likeness (QED) is 0.539. The van der Waals surface area contributed by atoms with Gasteiger partial charge >= 0.3 is 6.18 Å². The number of nitrogens with one attached hydrogen (secondary N) is 1. The average molecular weight is 502 g/mol. The van der Waals surface area contributed by atoms with Gasteiger partial charge in [-0.3, -0.25) is 14.4 Å². The van der Waals surface area contributed by atoms with Crippen molar-refractivity contribution in [3.63, 3.8) is 0 Å². The SMILES string of the molecule is O=C(Cn1cccc1C(=O)N1CCN(C(=O)c2ccc(F)cc2)CC1)Nc1cccc(C(F)(F)F)c1. The molecule has 0 saturated carbocycles. The second kappa shape index (κ2) is 10.2. The molecule has 1 aliphatic heterocycles. The standard InChI is InChI=1S/C25H22F4N4O3/c26-19-8-6-17(7-9-19)23(35)31-11-13-32(14-12-31)24(36)21-5-2-10-33(21)16-22(34)30-20-4-1-3-18(15-20)25(27,28)29/h1-10,15H,11-14,16H2,(H,30,34). The Hall–Kier alpha value is -4.15. The number of benzene rings is 2. The van der Waals surface area contributed by atoms with Crippen molar-refractivity contribution in [3.05, 3.63) is 89.5 Å². The van der Waals surface area contributed by atoms with Crippen molar-refractivity contribution in [3.8, 4) is 0 Å². The largest absolute Gasteiger partial charge is 0.416 e. The molecule has 2 heterocycles. The first-order valence-corrected chi connectivity index (χ1v) is 11.1. The van der Waals surface area contributed by atoms with Crippen molar-refractivity contribution in [2.45, 2.75) is 12.7 Å². The van der Waals surface area contributed by atoms with Gasteiger partial charge in [0, 0.05) is 43.6 Å². The normalized spacial score (nSPS) is 14.0. The summed E-state index contributed by atoms with van der Waals surface area (Å²) in [6.45, 7) is 0.853. The van der Waals surface area contributed by atoms with Gasteiger partial charge in [0.2, 0.25) is 5.91 Å². The zero-order valence-electron chi connectivity index (χ0n) is 19.0. The van der Waals surface area contributed by atoms with E-state index in [1.54, 1.807) is 21.9 Å². The molecular formula is C25H22F4N4O3. The lowest BCUT2D eigenvalue weighted by molar-refractivity contribution is -0.137. The van der Waals surface area contributed by atoms with Gasteiger partial charge in [-0.05, 0) is 54.6 Å². The van der Waals surface area contributed by atoms with Gasteiger partial charge in [0.15, 0.2) is 0 Å². The van der Waals surface area contributed by atoms with E-state index in [1.807, 2.05) is 0 Å². The molecular weight excluding hydrogens is 480 g/mol. The number of amides is 3. The van der Waals surface area contributed by atoms with Crippen LogP contribution in [0.1, 0.15) is 26.4 Å². The Morgan fingerprint density at radius 1 is 0.833 bits per heavy atom. The summed E-state index contributed by atoms with van der Waals surface area (Å²) in [5.41, 5.74) is -0.282. The molecule has 4 rings (SSSR count). The van der Waals surface area contributed by atoms with Gasteiger partial charge in [-0.25, -0.2) is 4.39 Å². The highest BCUT2D eigenvalue weighted by Gasteiger charge is 2.31. The van der Waals surface area contributed by atoms with Crippen LogP contribution >= 0.6 is 0 Å². The van der Waals surface area contributed by atoms with E-state index in [0.29, 0.717) is 18.7 Å². The van der Waals surface area contributed by atoms with Crippen LogP contribution in [0.4, 0.5) is 23.2 Å². The number of nitrogens with zero attached hydrogens (tertiary/aromatic N) is 3. The number of rotatable bonds is 5. The fraction of sp³-hybridized carbons (Fsp3) is 0.240. The number of halogens is 4. The zero-order chi connectivity index (χ0) is 25.9. The van der Waals surface area contributed by atoms with Crippen molar-refractivity contribution in [1.29, 1.82) is 0 Å². The van der Waals surface area contributed by atoms with Crippen LogP contribution in [0, 0.1) is 5.82 Å². The molecule has 3 amide bonds. The molecule has 2 aromatic carbocycles. The highest BCUT2D eigenvalue weighted by atomic mass is 19.4. The molecule has 1 saturated heterocycles. The summed E-state index contributed by atoms with van der Waals surface area (Å²) in [6, 6.07) is 12.7. The number of carbonyl (C=O) groups excluding carboxylic acids is 3. The Bertz CT molecular complexity index is 1260. The summed E-state index contributed by atoms with van der Waals surface area (Å²) in [7, 11) is 0. The monoisotopic (exact) mass is 502 g/mol. The van der Waals surface area contributed by atoms with Crippen LogP contribution in [0.2, 0.25) is 0 Å². The second-order valence-corrected chi connectivity index (χ2v) is 8.24. The van der Waals surface area contributed by atoms with Gasteiger partial charge in [-0.15, -0.1) is 0 Å². The highest BCUT2D eigenvalue weighted by molar-refractivity contribution is 5.96. The molecule has 0 radical (unpaired) electrons. The van der Waals surface area contributed by atoms with E-state index < -0.39 is 23.5 Å². The summed E-state index contributed by atoms with van der Waals surface area (Å²) in [4.78, 5) is 41.3. The summed E-state index contributed by atoms with van der Waals surface area (Å²) >= 11 is 0. The minimum Gasteiger partial charge on any atom is -0.335 e. The molecule has 1 N–H and O–H groups in total. The van der Waals surface area contributed by atoms with Gasteiger partial charge in [0.1, 0.15) is 18.1 Å². The predicted octanol–water partition coefficient (Wildman–Crippen LogP) is 3.88. The van der Waals surface area contributed by atoms with E-state index in [0.717, 1.165) is 12.1 Å². The Morgan fingerprint density at radius 2 is 1.47 bits per heavy atom. The first kappa shape index (κ1) is 25.0. The summed E-state index contributed by atoms with van der Waals surface area (Å²) in [5.74, 6) is -1.61. The molecule has 3 aromatic rings. The van der Waals surface area contributed by atoms with Crippen LogP contribution in [0.5, 0.6) is 0 Å². The number of aromatic nitrogens is 1. The Labute approximate surface area is 203 Å². The van der Waals surface area contributed by atoms with Gasteiger partial charge < -0.3 is 19.7 Å². The third-order valence-electron chi connectivity index (χ3n) is 5.78. The molecule has 1 fully saturated rings. The predicted molar refractivity (Wildman–Crippen MR) is 123 cm³/mol. The minimum absolute atomic E-state index is 0.00296. The number of anilines is 1. The van der Waals surface area contributed by atoms with Crippen molar-refractivity contribution in [1.82, 2.24) is 14.4 Å². The molecule has 0 bridgehead atoms. The van der Waals surface area contributed by atoms with E-state index in [-0.39, 0.29) is 42.8 Å². The first-order valence-electron chi connectivity index (χ1n) is 11.1. The van der Waals surface area contributed by atoms with E-state index >= 15 is 0 Å². The van der Waals surface area contributed by atoms with Gasteiger partial charge in [0.05, 0.1) is 5.56 Å². The molecule has 1 aliphatic rings. The van der Waals surface area contributed by atoms with Crippen LogP contribution in [0.25, 0.3) is 0 Å². The molecule has 7 nitrogen and oxygen atoms in total. The summed E-state index contributed by atoms with van der Waals surface area (Å²) in [6.07, 6.45) is -3.00. The van der Waals surface area contributed by atoms with Crippen molar-refractivity contribution < 1.29 is 31.9 Å². The highest BCUT2D eigenvalue weighted by Crippen LogP contribution is 2.30. The van der Waals surface area contributed by atoms with Crippen LogP contribution in [0.15, 0.2) is 66.9 Å². The second-order valence-electron chi connectivity index (χ2n) is 8.24. The molecule has 0 unspecified atom stereocenters. The van der Waals surface area contributed by atoms with E-state index in [4.69, 9.17) is 0 Å². The Balaban J connectivity index is 1.35. The van der Waals surface area contributed by atoms with Crippen LogP contribution in [0.3, 0.4) is 0 Å². The molecule has 188 valence electrons. The topological polar surface area (TPSA) is 74.7 Å². The number of hydrogen-bond acceptors (Lipinski definition) is 3. The van der Waals surface area contributed by atoms with Gasteiger partial charge in [-0.2, -0.15) is 13.2 Å². The van der Waals surface area contributed by atoms with E-state index in [1.165, 1.54) is 47.2 Å². The molecule has 36 heavy (non-hydrogen) atoms. The van der Waals surface area contributed by atoms with Gasteiger partial charge in [0.25, 0.3) is 11.8 Å². The lowest BCUT2D eigenvalue weighted by Gasteiger charge is -2.35. The maximum absolute atomic E-state index is 13.1. The van der Waals surface area contributed by atoms with Crippen molar-refractivity contribution >= 4 is 23.4 Å². The Morgan fingerprint density at radius 3 is 2.11 bits per heavy atom. The fourth-order valence-corrected chi connectivity index (χ4v) is 3.92. The summed E-state index contributed by atoms with van der Waals surface area (Å²) in [5, 5.41) is 2.42. The maximum Gasteiger partial charge on any atom is 0.416 e. The van der Waals surface area contributed by atoms with Crippen molar-refractivity contribution in [2.24, 2.45) is 0 Å². The fourth-order valence-electron chi connectivity index (χ4n) is 3.92. The van der Waals surface area contributed by atoms with Crippen molar-refractivity contribution in [2.75, 3.05) is 31.5 Å². The number of alkyl halides is 3. The average Bonchev–Trinajstić information content (AvgIpc) is 3.31. The third-order valence-corrected chi connectivity index (χ3v) is 5.78. The summed E-state index contributed by atoms with van der Waals surface area (Å²) < 4.78 is 53.2. The van der Waals surface area contributed by atoms with Crippen LogP contribution in [-0.4, -0.2) is 58.3 Å². The first-order chi connectivity index (χ1) is 17.1. The molecule has 0 aliphatic carbocycles. The molecule has 0 spiro atoms. The maximum atomic E-state index is 13.1. The lowest BCUT2D eigenvalue weighted by Crippen LogP contribution is -2.51. The minimum atomic E-state index is -4.53. The molecule has 11 heteroatoms. The smallest absolute Gasteiger partial charge is 0.335 e. The number of carbonyl (C=O) groups is 3. The number of piperazine rings is 1. The van der Waals surface area contributed by atoms with E-state index in [2.05, 4.69) is 5.32 Å². The third kappa shape index (κ3) is 5.73. The molecule has 0 atom stereocenters. The molecule has 1 aromatic heterocycles. The van der Waals surface area contributed by atoms with Crippen LogP contribution in [-0.2, 0) is 17.5 Å². The van der Waals surface area contributed by atoms with E-state index in [9.17, 15) is 31.9 Å². The number of hydrogen-bond donors (Lipinski definition) is 1. The zero-order valence-corrected chi connectivity index (χ0v) is 19.0. The van der Waals surface area contributed by atoms with Crippen LogP contribution < -0.4 is 5.32 Å². The van der Waals surface area contributed by atoms with Gasteiger partial charge in [-0.1, -0.05) is 6.07 Å². The Kier molecular flexibility index (Phi) is 7.09. The lowest BCUT2D eigenvalue weighted by atomic mass is 10.1.